The summed E-state index contributed by atoms with van der Waals surface area (Å²) < 4.78 is 0. The maximum Gasteiger partial charge on any atom is 0.193 e. The molecule has 0 amide bonds. The molecule has 4 aromatic carbocycles. The Labute approximate surface area is 292 Å². The van der Waals surface area contributed by atoms with Crippen molar-refractivity contribution in [2.24, 2.45) is 23.7 Å². The minimum Gasteiger partial charge on any atom is -0.341 e. The molecule has 0 radical (unpaired) electrons. The molecule has 0 aliphatic heterocycles. The zero-order valence-corrected chi connectivity index (χ0v) is 31.4. The van der Waals surface area contributed by atoms with E-state index in [0.717, 1.165) is 50.1 Å². The average molecular weight is 645 g/mol. The molecule has 0 saturated heterocycles. The van der Waals surface area contributed by atoms with E-state index in [1.807, 2.05) is 24.3 Å². The topological polar surface area (TPSA) is 23.6 Å². The van der Waals surface area contributed by atoms with Crippen molar-refractivity contribution in [3.63, 3.8) is 0 Å². The summed E-state index contributed by atoms with van der Waals surface area (Å²) in [5, 5.41) is 0. The van der Waals surface area contributed by atoms with Crippen molar-refractivity contribution in [3.05, 3.63) is 118 Å². The fourth-order valence-electron chi connectivity index (χ4n) is 7.09. The molecule has 0 heterocycles. The minimum absolute atomic E-state index is 0.0561. The molecule has 4 rings (SSSR count). The molecule has 0 spiro atoms. The summed E-state index contributed by atoms with van der Waals surface area (Å²) in [5.74, 6) is 2.35. The second-order valence-corrected chi connectivity index (χ2v) is 15.2. The van der Waals surface area contributed by atoms with Crippen LogP contribution in [0.4, 0.5) is 22.7 Å². The Morgan fingerprint density at radius 3 is 0.958 bits per heavy atom. The Morgan fingerprint density at radius 2 is 0.729 bits per heavy atom. The number of hydrogen-bond donors (Lipinski definition) is 0. The van der Waals surface area contributed by atoms with Crippen molar-refractivity contribution in [3.8, 4) is 0 Å². The van der Waals surface area contributed by atoms with Crippen molar-refractivity contribution in [1.82, 2.24) is 0 Å². The van der Waals surface area contributed by atoms with Gasteiger partial charge >= 0.3 is 0 Å². The summed E-state index contributed by atoms with van der Waals surface area (Å²) in [4.78, 5) is 18.6. The molecule has 256 valence electrons. The molecule has 0 aliphatic rings. The molecule has 3 nitrogen and oxygen atoms in total. The van der Waals surface area contributed by atoms with Crippen molar-refractivity contribution in [2.45, 2.75) is 94.9 Å². The molecule has 0 bridgehead atoms. The highest BCUT2D eigenvalue weighted by molar-refractivity contribution is 6.09. The SMILES string of the molecule is CCN(c1ccc(C(=O)c2ccc(N(CC)c3c(CC(C)C)cccc3CC(C)C)cc2)cc1)c1c(CC(C)C)cccc1CC(C)C. The van der Waals surface area contributed by atoms with Crippen LogP contribution < -0.4 is 9.80 Å². The fraction of sp³-hybridized carbons (Fsp3) is 0.444. The van der Waals surface area contributed by atoms with Crippen LogP contribution in [0.1, 0.15) is 107 Å². The second kappa shape index (κ2) is 17.0. The zero-order valence-electron chi connectivity index (χ0n) is 31.4. The smallest absolute Gasteiger partial charge is 0.193 e. The summed E-state index contributed by atoms with van der Waals surface area (Å²) in [5.41, 5.74) is 12.0. The van der Waals surface area contributed by atoms with Gasteiger partial charge in [0.05, 0.1) is 0 Å². The summed E-state index contributed by atoms with van der Waals surface area (Å²) >= 11 is 0. The summed E-state index contributed by atoms with van der Waals surface area (Å²) in [6, 6.07) is 30.1. The molecular weight excluding hydrogens is 585 g/mol. The predicted octanol–water partition coefficient (Wildman–Crippen LogP) is 12.0. The summed E-state index contributed by atoms with van der Waals surface area (Å²) in [7, 11) is 0. The molecule has 0 fully saturated rings. The number of para-hydroxylation sites is 2. The van der Waals surface area contributed by atoms with Gasteiger partial charge in [0.2, 0.25) is 0 Å². The van der Waals surface area contributed by atoms with E-state index in [1.54, 1.807) is 0 Å². The Hall–Kier alpha value is -3.85. The lowest BCUT2D eigenvalue weighted by Crippen LogP contribution is -2.21. The Balaban J connectivity index is 1.62. The molecule has 0 aromatic heterocycles. The van der Waals surface area contributed by atoms with Crippen LogP contribution in [0.3, 0.4) is 0 Å². The standard InChI is InChI=1S/C45H60N2O/c1-11-46(43-37(27-31(3)4)15-13-16-38(43)28-32(5)6)41-23-19-35(20-24-41)45(48)36-21-25-42(26-22-36)47(12-2)44-39(29-33(7)8)17-14-18-40(44)30-34(9)10/h13-26,31-34H,11-12,27-30H2,1-10H3. The maximum atomic E-state index is 13.8. The van der Waals surface area contributed by atoms with E-state index in [4.69, 9.17) is 0 Å². The number of hydrogen-bond acceptors (Lipinski definition) is 3. The number of carbonyl (C=O) groups is 1. The van der Waals surface area contributed by atoms with Crippen molar-refractivity contribution in [2.75, 3.05) is 22.9 Å². The molecular formula is C45H60N2O. The average Bonchev–Trinajstić information content (AvgIpc) is 3.03. The van der Waals surface area contributed by atoms with Crippen molar-refractivity contribution >= 4 is 28.5 Å². The van der Waals surface area contributed by atoms with Crippen LogP contribution in [0.15, 0.2) is 84.9 Å². The van der Waals surface area contributed by atoms with Gasteiger partial charge in [-0.25, -0.2) is 0 Å². The number of ketones is 1. The van der Waals surface area contributed by atoms with E-state index in [0.29, 0.717) is 34.8 Å². The first kappa shape index (κ1) is 37.0. The Bertz CT molecular complexity index is 1430. The van der Waals surface area contributed by atoms with Gasteiger partial charge in [-0.3, -0.25) is 4.79 Å². The summed E-state index contributed by atoms with van der Waals surface area (Å²) in [6.07, 6.45) is 4.18. The molecule has 0 atom stereocenters. The van der Waals surface area contributed by atoms with Crippen molar-refractivity contribution < 1.29 is 4.79 Å². The van der Waals surface area contributed by atoms with Gasteiger partial charge in [-0.2, -0.15) is 0 Å². The van der Waals surface area contributed by atoms with E-state index in [9.17, 15) is 4.79 Å². The minimum atomic E-state index is 0.0561. The Kier molecular flexibility index (Phi) is 13.1. The van der Waals surface area contributed by atoms with Crippen LogP contribution in [-0.2, 0) is 25.7 Å². The van der Waals surface area contributed by atoms with Gasteiger partial charge < -0.3 is 9.80 Å². The number of nitrogens with zero attached hydrogens (tertiary/aromatic N) is 2. The Morgan fingerprint density at radius 1 is 0.458 bits per heavy atom. The van der Waals surface area contributed by atoms with E-state index in [1.165, 1.54) is 33.6 Å². The zero-order chi connectivity index (χ0) is 35.0. The number of benzene rings is 4. The lowest BCUT2D eigenvalue weighted by Gasteiger charge is -2.30. The first-order valence-electron chi connectivity index (χ1n) is 18.4. The van der Waals surface area contributed by atoms with E-state index >= 15 is 0 Å². The van der Waals surface area contributed by atoms with Gasteiger partial charge in [-0.1, -0.05) is 91.8 Å². The highest BCUT2D eigenvalue weighted by Gasteiger charge is 2.21. The highest BCUT2D eigenvalue weighted by atomic mass is 16.1. The first-order valence-corrected chi connectivity index (χ1v) is 18.4. The van der Waals surface area contributed by atoms with Crippen LogP contribution in [0.25, 0.3) is 0 Å². The quantitative estimate of drug-likeness (QED) is 0.113. The second-order valence-electron chi connectivity index (χ2n) is 15.2. The van der Waals surface area contributed by atoms with Crippen LogP contribution >= 0.6 is 0 Å². The maximum absolute atomic E-state index is 13.8. The first-order chi connectivity index (χ1) is 22.9. The van der Waals surface area contributed by atoms with E-state index < -0.39 is 0 Å². The largest absolute Gasteiger partial charge is 0.341 e. The fourth-order valence-corrected chi connectivity index (χ4v) is 7.09. The van der Waals surface area contributed by atoms with Gasteiger partial charge in [0.15, 0.2) is 5.78 Å². The van der Waals surface area contributed by atoms with Gasteiger partial charge in [0, 0.05) is 47.0 Å². The van der Waals surface area contributed by atoms with Crippen LogP contribution in [0.5, 0.6) is 0 Å². The number of rotatable bonds is 16. The molecule has 4 aromatic rings. The van der Waals surface area contributed by atoms with E-state index in [2.05, 4.69) is 140 Å². The molecule has 0 aliphatic carbocycles. The molecule has 48 heavy (non-hydrogen) atoms. The normalized spacial score (nSPS) is 11.6. The van der Waals surface area contributed by atoms with E-state index in [-0.39, 0.29) is 5.78 Å². The summed E-state index contributed by atoms with van der Waals surface area (Å²) in [6.45, 7) is 24.5. The third-order valence-corrected chi connectivity index (χ3v) is 8.97. The monoisotopic (exact) mass is 644 g/mol. The molecule has 0 saturated carbocycles. The van der Waals surface area contributed by atoms with Gasteiger partial charge in [0.1, 0.15) is 0 Å². The highest BCUT2D eigenvalue weighted by Crippen LogP contribution is 2.37. The van der Waals surface area contributed by atoms with Crippen LogP contribution in [-0.4, -0.2) is 18.9 Å². The van der Waals surface area contributed by atoms with Crippen molar-refractivity contribution in [1.29, 1.82) is 0 Å². The number of anilines is 4. The van der Waals surface area contributed by atoms with Crippen LogP contribution in [0, 0.1) is 23.7 Å². The lowest BCUT2D eigenvalue weighted by atomic mass is 9.93. The van der Waals surface area contributed by atoms with Gasteiger partial charge in [-0.15, -0.1) is 0 Å². The molecule has 0 unspecified atom stereocenters. The van der Waals surface area contributed by atoms with Gasteiger partial charge in [0.25, 0.3) is 0 Å². The van der Waals surface area contributed by atoms with Gasteiger partial charge in [-0.05, 0) is 134 Å². The lowest BCUT2D eigenvalue weighted by molar-refractivity contribution is 0.103. The predicted molar refractivity (Wildman–Crippen MR) is 209 cm³/mol. The molecule has 3 heteroatoms. The third kappa shape index (κ3) is 9.19. The number of carbonyl (C=O) groups excluding carboxylic acids is 1. The van der Waals surface area contributed by atoms with Crippen LogP contribution in [0.2, 0.25) is 0 Å². The third-order valence-electron chi connectivity index (χ3n) is 8.97. The molecule has 0 N–H and O–H groups in total.